The van der Waals surface area contributed by atoms with E-state index < -0.39 is 0 Å². The first-order valence-electron chi connectivity index (χ1n) is 11.0. The lowest BCUT2D eigenvalue weighted by Crippen LogP contribution is -2.31. The van der Waals surface area contributed by atoms with Gasteiger partial charge < -0.3 is 10.6 Å². The molecule has 0 fully saturated rings. The first-order valence-corrected chi connectivity index (χ1v) is 11.0. The van der Waals surface area contributed by atoms with Crippen LogP contribution in [0.15, 0.2) is 61.2 Å². The average molecular weight is 441 g/mol. The van der Waals surface area contributed by atoms with E-state index in [0.717, 1.165) is 40.0 Å². The van der Waals surface area contributed by atoms with E-state index in [1.807, 2.05) is 18.2 Å². The average Bonchev–Trinajstić information content (AvgIpc) is 2.86. The molecule has 7 nitrogen and oxygen atoms in total. The van der Waals surface area contributed by atoms with Crippen molar-refractivity contribution in [2.45, 2.75) is 32.6 Å². The molecule has 0 bridgehead atoms. The number of carbonyl (C=O) groups excluding carboxylic acids is 1. The van der Waals surface area contributed by atoms with Crippen molar-refractivity contribution in [1.29, 1.82) is 0 Å². The minimum absolute atomic E-state index is 0.222. The maximum Gasteiger partial charge on any atom is 0.270 e. The Hall–Kier alpha value is -3.87. The fourth-order valence-electron chi connectivity index (χ4n) is 3.91. The van der Waals surface area contributed by atoms with Gasteiger partial charge in [-0.2, -0.15) is 0 Å². The molecule has 0 unspecified atom stereocenters. The Morgan fingerprint density at radius 2 is 1.76 bits per heavy atom. The number of nitrogens with zero attached hydrogens (tertiary/aromatic N) is 4. The monoisotopic (exact) mass is 440 g/mol. The zero-order valence-electron chi connectivity index (χ0n) is 19.4. The first kappa shape index (κ1) is 22.3. The largest absolute Gasteiger partial charge is 0.369 e. The second-order valence-electron chi connectivity index (χ2n) is 8.43. The molecule has 168 valence electrons. The third kappa shape index (κ3) is 4.53. The predicted molar refractivity (Wildman–Crippen MR) is 131 cm³/mol. The van der Waals surface area contributed by atoms with Gasteiger partial charge in [-0.25, -0.2) is 19.9 Å². The van der Waals surface area contributed by atoms with E-state index in [2.05, 4.69) is 81.7 Å². The van der Waals surface area contributed by atoms with Crippen molar-refractivity contribution in [3.63, 3.8) is 0 Å². The molecule has 2 aromatic heterocycles. The lowest BCUT2D eigenvalue weighted by Gasteiger charge is -2.30. The molecule has 0 saturated heterocycles. The van der Waals surface area contributed by atoms with Crippen LogP contribution in [-0.2, 0) is 5.41 Å². The van der Waals surface area contributed by atoms with Gasteiger partial charge in [-0.05, 0) is 18.9 Å². The predicted octanol–water partition coefficient (Wildman–Crippen LogP) is 4.53. The van der Waals surface area contributed by atoms with Gasteiger partial charge in [0.25, 0.3) is 5.91 Å². The smallest absolute Gasteiger partial charge is 0.270 e. The van der Waals surface area contributed by atoms with Gasteiger partial charge in [-0.15, -0.1) is 0 Å². The minimum atomic E-state index is -0.247. The molecule has 4 rings (SSSR count). The summed E-state index contributed by atoms with van der Waals surface area (Å²) in [6, 6.07) is 16.2. The van der Waals surface area contributed by atoms with Crippen molar-refractivity contribution in [3.8, 4) is 11.3 Å². The Kier molecular flexibility index (Phi) is 6.31. The molecule has 33 heavy (non-hydrogen) atoms. The highest BCUT2D eigenvalue weighted by Gasteiger charge is 2.28. The van der Waals surface area contributed by atoms with Crippen molar-refractivity contribution in [2.75, 3.05) is 18.9 Å². The Morgan fingerprint density at radius 3 is 2.48 bits per heavy atom. The van der Waals surface area contributed by atoms with Gasteiger partial charge >= 0.3 is 0 Å². The van der Waals surface area contributed by atoms with Gasteiger partial charge in [-0.1, -0.05) is 61.9 Å². The van der Waals surface area contributed by atoms with E-state index in [-0.39, 0.29) is 11.3 Å². The summed E-state index contributed by atoms with van der Waals surface area (Å²) in [5.41, 5.74) is 5.13. The zero-order chi connectivity index (χ0) is 23.4. The Labute approximate surface area is 193 Å². The molecule has 1 amide bonds. The molecule has 2 heterocycles. The van der Waals surface area contributed by atoms with Gasteiger partial charge in [0.15, 0.2) is 0 Å². The summed E-state index contributed by atoms with van der Waals surface area (Å²) in [6.07, 6.45) is 3.91. The fourth-order valence-corrected chi connectivity index (χ4v) is 3.91. The van der Waals surface area contributed by atoms with Crippen LogP contribution in [0.4, 0.5) is 5.82 Å². The van der Waals surface area contributed by atoms with E-state index in [1.54, 1.807) is 13.4 Å². The van der Waals surface area contributed by atoms with Crippen molar-refractivity contribution < 1.29 is 4.79 Å². The number of aryl methyl sites for hydroxylation is 1. The van der Waals surface area contributed by atoms with E-state index >= 15 is 0 Å². The van der Waals surface area contributed by atoms with Crippen LogP contribution in [0.5, 0.6) is 0 Å². The molecule has 0 spiro atoms. The Balaban J connectivity index is 1.64. The number of hydrogen-bond donors (Lipinski definition) is 2. The summed E-state index contributed by atoms with van der Waals surface area (Å²) in [6.45, 7) is 7.06. The van der Waals surface area contributed by atoms with E-state index in [9.17, 15) is 4.79 Å². The number of hydrogen-bond acceptors (Lipinski definition) is 6. The molecule has 0 aliphatic carbocycles. The highest BCUT2D eigenvalue weighted by molar-refractivity contribution is 6.04. The summed E-state index contributed by atoms with van der Waals surface area (Å²) < 4.78 is 0. The molecule has 0 aliphatic heterocycles. The molecule has 0 saturated carbocycles. The number of carbonyl (C=O) groups is 1. The van der Waals surface area contributed by atoms with Gasteiger partial charge in [0, 0.05) is 36.0 Å². The molecule has 2 aromatic carbocycles. The van der Waals surface area contributed by atoms with Crippen molar-refractivity contribution in [3.05, 3.63) is 78.0 Å². The van der Waals surface area contributed by atoms with Crippen LogP contribution in [0.3, 0.4) is 0 Å². The molecule has 0 aliphatic rings. The lowest BCUT2D eigenvalue weighted by atomic mass is 9.78. The highest BCUT2D eigenvalue weighted by Crippen LogP contribution is 2.33. The number of fused-ring (bicyclic) bond motifs is 1. The summed E-state index contributed by atoms with van der Waals surface area (Å²) in [5.74, 6) is 0.543. The lowest BCUT2D eigenvalue weighted by molar-refractivity contribution is 0.0960. The van der Waals surface area contributed by atoms with Crippen LogP contribution >= 0.6 is 0 Å². The number of amides is 1. The van der Waals surface area contributed by atoms with E-state index in [1.165, 1.54) is 11.9 Å². The van der Waals surface area contributed by atoms with Crippen molar-refractivity contribution >= 4 is 22.6 Å². The van der Waals surface area contributed by atoms with Crippen LogP contribution < -0.4 is 10.6 Å². The van der Waals surface area contributed by atoms with Crippen molar-refractivity contribution in [2.24, 2.45) is 0 Å². The number of anilines is 1. The third-order valence-electron chi connectivity index (χ3n) is 6.21. The number of benzene rings is 2. The highest BCUT2D eigenvalue weighted by atomic mass is 16.1. The SMILES string of the molecule is CC[C@](C)(CNc1cc(-c2ccc(C)cc2)ncn1)c1cccc2c(C(=O)NC)ncnc12. The Morgan fingerprint density at radius 1 is 1.00 bits per heavy atom. The third-order valence-corrected chi connectivity index (χ3v) is 6.21. The maximum atomic E-state index is 12.3. The number of rotatable bonds is 7. The van der Waals surface area contributed by atoms with Crippen LogP contribution in [0.1, 0.15) is 41.9 Å². The van der Waals surface area contributed by atoms with Gasteiger partial charge in [-0.3, -0.25) is 4.79 Å². The maximum absolute atomic E-state index is 12.3. The topological polar surface area (TPSA) is 92.7 Å². The quantitative estimate of drug-likeness (QED) is 0.438. The van der Waals surface area contributed by atoms with Crippen LogP contribution in [0, 0.1) is 6.92 Å². The summed E-state index contributed by atoms with van der Waals surface area (Å²) >= 11 is 0. The number of nitrogens with one attached hydrogen (secondary N) is 2. The normalized spacial score (nSPS) is 12.8. The van der Waals surface area contributed by atoms with Crippen molar-refractivity contribution in [1.82, 2.24) is 25.3 Å². The van der Waals surface area contributed by atoms with Crippen LogP contribution in [0.25, 0.3) is 22.2 Å². The first-order chi connectivity index (χ1) is 15.9. The summed E-state index contributed by atoms with van der Waals surface area (Å²) in [4.78, 5) is 29.9. The molecule has 0 radical (unpaired) electrons. The van der Waals surface area contributed by atoms with E-state index in [0.29, 0.717) is 12.2 Å². The number of para-hydroxylation sites is 1. The molecule has 7 heteroatoms. The van der Waals surface area contributed by atoms with Crippen LogP contribution in [-0.4, -0.2) is 39.4 Å². The van der Waals surface area contributed by atoms with Gasteiger partial charge in [0.2, 0.25) is 0 Å². The molecular formula is C26H28N6O. The minimum Gasteiger partial charge on any atom is -0.369 e. The van der Waals surface area contributed by atoms with Gasteiger partial charge in [0.05, 0.1) is 11.2 Å². The van der Waals surface area contributed by atoms with Gasteiger partial charge in [0.1, 0.15) is 24.2 Å². The van der Waals surface area contributed by atoms with Crippen LogP contribution in [0.2, 0.25) is 0 Å². The summed E-state index contributed by atoms with van der Waals surface area (Å²) in [7, 11) is 1.60. The Bertz CT molecular complexity index is 1290. The molecule has 2 N–H and O–H groups in total. The zero-order valence-corrected chi connectivity index (χ0v) is 19.4. The second-order valence-corrected chi connectivity index (χ2v) is 8.43. The molecule has 1 atom stereocenters. The second kappa shape index (κ2) is 9.32. The molecular weight excluding hydrogens is 412 g/mol. The summed E-state index contributed by atoms with van der Waals surface area (Å²) in [5, 5.41) is 6.90. The van der Waals surface area contributed by atoms with E-state index in [4.69, 9.17) is 0 Å². The standard InChI is InChI=1S/C26H28N6O/c1-5-26(3,20-8-6-7-19-23(20)31-16-32-24(19)25(33)27-4)14-28-22-13-21(29-15-30-22)18-11-9-17(2)10-12-18/h6-13,15-16H,5,14H2,1-4H3,(H,27,33)(H,28,29,30)/t26-/m1/s1. The fraction of sp³-hybridized carbons (Fsp3) is 0.269. The molecule has 4 aromatic rings. The number of aromatic nitrogens is 4.